The lowest BCUT2D eigenvalue weighted by atomic mass is 10.0. The monoisotopic (exact) mass is 343 g/mol. The molecule has 0 saturated heterocycles. The van der Waals surface area contributed by atoms with Gasteiger partial charge in [-0.15, -0.1) is 0 Å². The van der Waals surface area contributed by atoms with Gasteiger partial charge >= 0.3 is 0 Å². The second-order valence-corrected chi connectivity index (χ2v) is 7.34. The lowest BCUT2D eigenvalue weighted by Crippen LogP contribution is -2.23. The van der Waals surface area contributed by atoms with Gasteiger partial charge in [-0.2, -0.15) is 0 Å². The van der Waals surface area contributed by atoms with Crippen LogP contribution in [0.3, 0.4) is 0 Å². The number of hydrogen-bond donors (Lipinski definition) is 1. The molecule has 2 rings (SSSR count). The highest BCUT2D eigenvalue weighted by Crippen LogP contribution is 2.25. The van der Waals surface area contributed by atoms with Crippen LogP contribution in [0.15, 0.2) is 41.3 Å². The normalized spacial score (nSPS) is 11.6. The van der Waals surface area contributed by atoms with Crippen molar-refractivity contribution >= 4 is 33.2 Å². The number of aryl methyl sites for hydroxylation is 1. The molecular formula is C15H15Cl2NO2S. The molecule has 0 heterocycles. The van der Waals surface area contributed by atoms with Gasteiger partial charge in [-0.05, 0) is 48.7 Å². The molecule has 0 bridgehead atoms. The maximum atomic E-state index is 12.3. The molecule has 0 aliphatic carbocycles. The van der Waals surface area contributed by atoms with Crippen LogP contribution < -0.4 is 4.72 Å². The zero-order chi connectivity index (χ0) is 15.6. The van der Waals surface area contributed by atoms with Crippen molar-refractivity contribution in [2.24, 2.45) is 0 Å². The second kappa shape index (κ2) is 6.36. The average molecular weight is 344 g/mol. The Hall–Kier alpha value is -1.07. The SMILES string of the molecule is Cc1cccc(CNS(=O)(=O)c2ccc(Cl)c(Cl)c2)c1C. The van der Waals surface area contributed by atoms with Crippen LogP contribution >= 0.6 is 23.2 Å². The van der Waals surface area contributed by atoms with E-state index in [0.29, 0.717) is 5.02 Å². The molecule has 3 nitrogen and oxygen atoms in total. The Bertz CT molecular complexity index is 773. The van der Waals surface area contributed by atoms with Crippen molar-refractivity contribution in [3.05, 3.63) is 63.1 Å². The largest absolute Gasteiger partial charge is 0.240 e. The highest BCUT2D eigenvalue weighted by molar-refractivity contribution is 7.89. The van der Waals surface area contributed by atoms with Gasteiger partial charge in [-0.25, -0.2) is 13.1 Å². The molecule has 0 aromatic heterocycles. The van der Waals surface area contributed by atoms with Crippen molar-refractivity contribution in [1.29, 1.82) is 0 Å². The highest BCUT2D eigenvalue weighted by Gasteiger charge is 2.15. The predicted molar refractivity (Wildman–Crippen MR) is 86.4 cm³/mol. The third-order valence-electron chi connectivity index (χ3n) is 3.37. The summed E-state index contributed by atoms with van der Waals surface area (Å²) in [6.07, 6.45) is 0. The molecule has 0 radical (unpaired) electrons. The summed E-state index contributed by atoms with van der Waals surface area (Å²) in [6.45, 7) is 4.19. The average Bonchev–Trinajstić information content (AvgIpc) is 2.43. The molecule has 21 heavy (non-hydrogen) atoms. The van der Waals surface area contributed by atoms with E-state index in [2.05, 4.69) is 4.72 Å². The molecule has 112 valence electrons. The minimum absolute atomic E-state index is 0.0993. The molecule has 0 spiro atoms. The Morgan fingerprint density at radius 2 is 1.76 bits per heavy atom. The number of rotatable bonds is 4. The second-order valence-electron chi connectivity index (χ2n) is 4.76. The van der Waals surface area contributed by atoms with Crippen molar-refractivity contribution in [1.82, 2.24) is 4.72 Å². The van der Waals surface area contributed by atoms with E-state index in [1.807, 2.05) is 32.0 Å². The Labute approximate surface area is 135 Å². The van der Waals surface area contributed by atoms with Crippen molar-refractivity contribution in [2.75, 3.05) is 0 Å². The minimum atomic E-state index is -3.62. The zero-order valence-electron chi connectivity index (χ0n) is 11.7. The first-order chi connectivity index (χ1) is 9.81. The van der Waals surface area contributed by atoms with Crippen LogP contribution in [-0.2, 0) is 16.6 Å². The van der Waals surface area contributed by atoms with Crippen LogP contribution in [-0.4, -0.2) is 8.42 Å². The van der Waals surface area contributed by atoms with E-state index in [9.17, 15) is 8.42 Å². The molecule has 0 fully saturated rings. The van der Waals surface area contributed by atoms with E-state index >= 15 is 0 Å². The topological polar surface area (TPSA) is 46.2 Å². The highest BCUT2D eigenvalue weighted by atomic mass is 35.5. The van der Waals surface area contributed by atoms with Gasteiger partial charge in [0.05, 0.1) is 14.9 Å². The number of nitrogens with one attached hydrogen (secondary N) is 1. The maximum absolute atomic E-state index is 12.3. The van der Waals surface area contributed by atoms with Gasteiger partial charge in [0.15, 0.2) is 0 Å². The van der Waals surface area contributed by atoms with Crippen LogP contribution in [0.5, 0.6) is 0 Å². The lowest BCUT2D eigenvalue weighted by molar-refractivity contribution is 0.581. The summed E-state index contributed by atoms with van der Waals surface area (Å²) in [5.74, 6) is 0. The first-order valence-electron chi connectivity index (χ1n) is 6.31. The maximum Gasteiger partial charge on any atom is 0.240 e. The molecular weight excluding hydrogens is 329 g/mol. The third-order valence-corrected chi connectivity index (χ3v) is 5.51. The third kappa shape index (κ3) is 3.77. The quantitative estimate of drug-likeness (QED) is 0.908. The zero-order valence-corrected chi connectivity index (χ0v) is 14.0. The summed E-state index contributed by atoms with van der Waals surface area (Å²) in [5, 5.41) is 0.538. The molecule has 2 aromatic carbocycles. The van der Waals surface area contributed by atoms with Crippen molar-refractivity contribution in [2.45, 2.75) is 25.3 Å². The van der Waals surface area contributed by atoms with Gasteiger partial charge in [0, 0.05) is 6.54 Å². The number of sulfonamides is 1. The van der Waals surface area contributed by atoms with Gasteiger partial charge in [0.1, 0.15) is 0 Å². The van der Waals surface area contributed by atoms with E-state index in [1.54, 1.807) is 0 Å². The number of benzene rings is 2. The Kier molecular flexibility index (Phi) is 4.94. The Morgan fingerprint density at radius 1 is 1.05 bits per heavy atom. The van der Waals surface area contributed by atoms with Crippen molar-refractivity contribution in [3.8, 4) is 0 Å². The van der Waals surface area contributed by atoms with Crippen LogP contribution in [0, 0.1) is 13.8 Å². The first-order valence-corrected chi connectivity index (χ1v) is 8.55. The molecule has 0 aliphatic rings. The summed E-state index contributed by atoms with van der Waals surface area (Å²) >= 11 is 11.7. The molecule has 2 aromatic rings. The van der Waals surface area contributed by atoms with Crippen molar-refractivity contribution in [3.63, 3.8) is 0 Å². The van der Waals surface area contributed by atoms with Gasteiger partial charge in [-0.3, -0.25) is 0 Å². The van der Waals surface area contributed by atoms with Gasteiger partial charge in [-0.1, -0.05) is 41.4 Å². The van der Waals surface area contributed by atoms with E-state index in [1.165, 1.54) is 18.2 Å². The van der Waals surface area contributed by atoms with Crippen LogP contribution in [0.4, 0.5) is 0 Å². The van der Waals surface area contributed by atoms with E-state index in [4.69, 9.17) is 23.2 Å². The molecule has 0 saturated carbocycles. The van der Waals surface area contributed by atoms with E-state index in [-0.39, 0.29) is 16.5 Å². The fraction of sp³-hybridized carbons (Fsp3) is 0.200. The van der Waals surface area contributed by atoms with Gasteiger partial charge in [0.2, 0.25) is 10.0 Å². The smallest absolute Gasteiger partial charge is 0.207 e. The van der Waals surface area contributed by atoms with E-state index < -0.39 is 10.0 Å². The minimum Gasteiger partial charge on any atom is -0.207 e. The summed E-state index contributed by atoms with van der Waals surface area (Å²) in [7, 11) is -3.62. The summed E-state index contributed by atoms with van der Waals surface area (Å²) in [5.41, 5.74) is 3.15. The standard InChI is InChI=1S/C15H15Cl2NO2S/c1-10-4-3-5-12(11(10)2)9-18-21(19,20)13-6-7-14(16)15(17)8-13/h3-8,18H,9H2,1-2H3. The van der Waals surface area contributed by atoms with Crippen molar-refractivity contribution < 1.29 is 8.42 Å². The lowest BCUT2D eigenvalue weighted by Gasteiger charge is -2.11. The molecule has 6 heteroatoms. The molecule has 0 amide bonds. The fourth-order valence-electron chi connectivity index (χ4n) is 1.90. The van der Waals surface area contributed by atoms with Crippen LogP contribution in [0.1, 0.15) is 16.7 Å². The number of halogens is 2. The summed E-state index contributed by atoms with van der Waals surface area (Å²) in [4.78, 5) is 0.0993. The van der Waals surface area contributed by atoms with Gasteiger partial charge < -0.3 is 0 Å². The molecule has 0 unspecified atom stereocenters. The molecule has 0 aliphatic heterocycles. The van der Waals surface area contributed by atoms with Gasteiger partial charge in [0.25, 0.3) is 0 Å². The van der Waals surface area contributed by atoms with E-state index in [0.717, 1.165) is 16.7 Å². The Morgan fingerprint density at radius 3 is 2.43 bits per heavy atom. The molecule has 0 atom stereocenters. The summed E-state index contributed by atoms with van der Waals surface area (Å²) in [6, 6.07) is 10.0. The molecule has 1 N–H and O–H groups in total. The predicted octanol–water partition coefficient (Wildman–Crippen LogP) is 4.09. The van der Waals surface area contributed by atoms with Crippen LogP contribution in [0.25, 0.3) is 0 Å². The van der Waals surface area contributed by atoms with Crippen LogP contribution in [0.2, 0.25) is 10.0 Å². The summed E-state index contributed by atoms with van der Waals surface area (Å²) < 4.78 is 27.1. The first kappa shape index (κ1) is 16.3. The Balaban J connectivity index is 2.22. The fourth-order valence-corrected chi connectivity index (χ4v) is 3.30. The number of hydrogen-bond acceptors (Lipinski definition) is 2.